The highest BCUT2D eigenvalue weighted by molar-refractivity contribution is 5.66. The van der Waals surface area contributed by atoms with E-state index in [1.165, 1.54) is 0 Å². The first-order valence-corrected chi connectivity index (χ1v) is 6.23. The van der Waals surface area contributed by atoms with Gasteiger partial charge < -0.3 is 19.9 Å². The number of ether oxygens (including phenoxy) is 2. The number of carboxylic acid groups (broad SMARTS) is 1. The molecule has 0 aromatic heterocycles. The van der Waals surface area contributed by atoms with Crippen molar-refractivity contribution in [2.24, 2.45) is 0 Å². The van der Waals surface area contributed by atoms with Crippen LogP contribution in [-0.4, -0.2) is 37.7 Å². The Bertz CT molecular complexity index is 461. The third-order valence-corrected chi connectivity index (χ3v) is 2.96. The molecule has 1 unspecified atom stereocenters. The summed E-state index contributed by atoms with van der Waals surface area (Å²) in [6.07, 6.45) is 1.41. The van der Waals surface area contributed by atoms with Crippen LogP contribution < -0.4 is 14.8 Å². The van der Waals surface area contributed by atoms with Gasteiger partial charge in [0.25, 0.3) is 0 Å². The van der Waals surface area contributed by atoms with Gasteiger partial charge in [-0.1, -0.05) is 12.1 Å². The summed E-state index contributed by atoms with van der Waals surface area (Å²) in [5.74, 6) is 0.316. The van der Waals surface area contributed by atoms with Gasteiger partial charge in [0.1, 0.15) is 0 Å². The molecule has 20 heavy (non-hydrogen) atoms. The standard InChI is InChI=1S/C14H19NO5/c1-19-12-5-3-4-10(14(12)20-2)8-11(15-9-16)6-7-13(17)18/h3-5,9,11H,6-8H2,1-2H3,(H,15,16)(H,17,18). The summed E-state index contributed by atoms with van der Waals surface area (Å²) in [4.78, 5) is 21.2. The summed E-state index contributed by atoms with van der Waals surface area (Å²) in [7, 11) is 3.09. The fourth-order valence-electron chi connectivity index (χ4n) is 2.02. The van der Waals surface area contributed by atoms with Crippen LogP contribution in [0.4, 0.5) is 0 Å². The highest BCUT2D eigenvalue weighted by atomic mass is 16.5. The van der Waals surface area contributed by atoms with Crippen molar-refractivity contribution in [3.8, 4) is 11.5 Å². The molecule has 1 aromatic rings. The van der Waals surface area contributed by atoms with E-state index in [1.807, 2.05) is 12.1 Å². The van der Waals surface area contributed by atoms with Crippen LogP contribution in [0.25, 0.3) is 0 Å². The Balaban J connectivity index is 2.86. The maximum atomic E-state index is 10.6. The van der Waals surface area contributed by atoms with Crippen molar-refractivity contribution < 1.29 is 24.2 Å². The maximum Gasteiger partial charge on any atom is 0.303 e. The molecule has 0 saturated heterocycles. The van der Waals surface area contributed by atoms with Crippen molar-refractivity contribution in [2.75, 3.05) is 14.2 Å². The molecule has 1 rings (SSSR count). The summed E-state index contributed by atoms with van der Waals surface area (Å²) in [6.45, 7) is 0. The van der Waals surface area contributed by atoms with Gasteiger partial charge in [0.05, 0.1) is 14.2 Å². The van der Waals surface area contributed by atoms with Gasteiger partial charge >= 0.3 is 5.97 Å². The Kier molecular flexibility index (Phi) is 6.36. The van der Waals surface area contributed by atoms with Crippen molar-refractivity contribution in [3.63, 3.8) is 0 Å². The predicted molar refractivity (Wildman–Crippen MR) is 73.1 cm³/mol. The molecule has 2 N–H and O–H groups in total. The van der Waals surface area contributed by atoms with E-state index in [-0.39, 0.29) is 12.5 Å². The van der Waals surface area contributed by atoms with E-state index in [1.54, 1.807) is 20.3 Å². The molecule has 0 heterocycles. The molecule has 0 aliphatic heterocycles. The number of benzene rings is 1. The molecule has 0 fully saturated rings. The molecule has 1 aromatic carbocycles. The third-order valence-electron chi connectivity index (χ3n) is 2.96. The van der Waals surface area contributed by atoms with Gasteiger partial charge in [-0.2, -0.15) is 0 Å². The lowest BCUT2D eigenvalue weighted by atomic mass is 10.0. The number of amides is 1. The van der Waals surface area contributed by atoms with E-state index in [0.717, 1.165) is 5.56 Å². The largest absolute Gasteiger partial charge is 0.493 e. The lowest BCUT2D eigenvalue weighted by Crippen LogP contribution is -2.30. The quantitative estimate of drug-likeness (QED) is 0.665. The van der Waals surface area contributed by atoms with Gasteiger partial charge in [-0.3, -0.25) is 9.59 Å². The average Bonchev–Trinajstić information content (AvgIpc) is 2.44. The Morgan fingerprint density at radius 1 is 1.40 bits per heavy atom. The molecule has 0 aliphatic carbocycles. The fourth-order valence-corrected chi connectivity index (χ4v) is 2.02. The Morgan fingerprint density at radius 2 is 2.15 bits per heavy atom. The molecule has 1 atom stereocenters. The van der Waals surface area contributed by atoms with Crippen LogP contribution in [0.2, 0.25) is 0 Å². The smallest absolute Gasteiger partial charge is 0.303 e. The molecule has 110 valence electrons. The van der Waals surface area contributed by atoms with Gasteiger partial charge in [0.15, 0.2) is 11.5 Å². The van der Waals surface area contributed by atoms with Crippen LogP contribution in [0.15, 0.2) is 18.2 Å². The summed E-state index contributed by atoms with van der Waals surface area (Å²) in [6, 6.07) is 5.21. The number of rotatable bonds is 9. The number of hydrogen-bond donors (Lipinski definition) is 2. The summed E-state index contributed by atoms with van der Waals surface area (Å²) >= 11 is 0. The number of para-hydroxylation sites is 1. The van der Waals surface area contributed by atoms with Crippen molar-refractivity contribution in [1.82, 2.24) is 5.32 Å². The number of carbonyl (C=O) groups excluding carboxylic acids is 1. The van der Waals surface area contributed by atoms with E-state index < -0.39 is 5.97 Å². The zero-order valence-corrected chi connectivity index (χ0v) is 11.6. The molecular weight excluding hydrogens is 262 g/mol. The topological polar surface area (TPSA) is 84.9 Å². The molecule has 6 nitrogen and oxygen atoms in total. The van der Waals surface area contributed by atoms with E-state index in [0.29, 0.717) is 30.8 Å². The Morgan fingerprint density at radius 3 is 2.70 bits per heavy atom. The normalized spacial score (nSPS) is 11.5. The maximum absolute atomic E-state index is 10.6. The fraction of sp³-hybridized carbons (Fsp3) is 0.429. The van der Waals surface area contributed by atoms with Crippen LogP contribution in [-0.2, 0) is 16.0 Å². The average molecular weight is 281 g/mol. The number of carboxylic acids is 1. The first-order valence-electron chi connectivity index (χ1n) is 6.23. The van der Waals surface area contributed by atoms with Crippen LogP contribution in [0.1, 0.15) is 18.4 Å². The minimum absolute atomic E-state index is 0.00219. The van der Waals surface area contributed by atoms with Crippen molar-refractivity contribution in [2.45, 2.75) is 25.3 Å². The van der Waals surface area contributed by atoms with Crippen LogP contribution >= 0.6 is 0 Å². The van der Waals surface area contributed by atoms with Crippen LogP contribution in [0.3, 0.4) is 0 Å². The SMILES string of the molecule is COc1cccc(CC(CCC(=O)O)NC=O)c1OC. The number of carbonyl (C=O) groups is 2. The van der Waals surface area contributed by atoms with E-state index in [2.05, 4.69) is 5.32 Å². The highest BCUT2D eigenvalue weighted by Gasteiger charge is 2.16. The minimum atomic E-state index is -0.889. The molecule has 0 radical (unpaired) electrons. The van der Waals surface area contributed by atoms with Gasteiger partial charge in [-0.15, -0.1) is 0 Å². The molecule has 6 heteroatoms. The van der Waals surface area contributed by atoms with Gasteiger partial charge in [-0.05, 0) is 18.9 Å². The predicted octanol–water partition coefficient (Wildman–Crippen LogP) is 1.23. The van der Waals surface area contributed by atoms with E-state index in [9.17, 15) is 9.59 Å². The molecule has 0 spiro atoms. The lowest BCUT2D eigenvalue weighted by Gasteiger charge is -2.18. The summed E-state index contributed by atoms with van der Waals surface area (Å²) in [5.41, 5.74) is 0.858. The molecule has 0 aliphatic rings. The number of methoxy groups -OCH3 is 2. The second kappa shape index (κ2) is 8.04. The molecule has 1 amide bonds. The first-order chi connectivity index (χ1) is 9.62. The monoisotopic (exact) mass is 281 g/mol. The first kappa shape index (κ1) is 15.8. The highest BCUT2D eigenvalue weighted by Crippen LogP contribution is 2.31. The van der Waals surface area contributed by atoms with Crippen molar-refractivity contribution in [3.05, 3.63) is 23.8 Å². The second-order valence-electron chi connectivity index (χ2n) is 4.27. The zero-order chi connectivity index (χ0) is 15.0. The summed E-state index contributed by atoms with van der Waals surface area (Å²) in [5, 5.41) is 11.4. The number of nitrogens with one attached hydrogen (secondary N) is 1. The van der Waals surface area contributed by atoms with E-state index >= 15 is 0 Å². The molecule has 0 saturated carbocycles. The van der Waals surface area contributed by atoms with Gasteiger partial charge in [-0.25, -0.2) is 0 Å². The Hall–Kier alpha value is -2.24. The van der Waals surface area contributed by atoms with Gasteiger partial charge in [0, 0.05) is 18.0 Å². The molecule has 0 bridgehead atoms. The lowest BCUT2D eigenvalue weighted by molar-refractivity contribution is -0.137. The van der Waals surface area contributed by atoms with Gasteiger partial charge in [0.2, 0.25) is 6.41 Å². The summed E-state index contributed by atoms with van der Waals surface area (Å²) < 4.78 is 10.5. The number of hydrogen-bond acceptors (Lipinski definition) is 4. The zero-order valence-electron chi connectivity index (χ0n) is 11.6. The van der Waals surface area contributed by atoms with Crippen molar-refractivity contribution in [1.29, 1.82) is 0 Å². The third kappa shape index (κ3) is 4.46. The van der Waals surface area contributed by atoms with Crippen LogP contribution in [0, 0.1) is 0 Å². The second-order valence-corrected chi connectivity index (χ2v) is 4.27. The molecular formula is C14H19NO5. The van der Waals surface area contributed by atoms with E-state index in [4.69, 9.17) is 14.6 Å². The van der Waals surface area contributed by atoms with Crippen molar-refractivity contribution >= 4 is 12.4 Å². The minimum Gasteiger partial charge on any atom is -0.493 e. The number of aliphatic carboxylic acids is 1. The van der Waals surface area contributed by atoms with Crippen LogP contribution in [0.5, 0.6) is 11.5 Å². The Labute approximate surface area is 117 Å².